The van der Waals surface area contributed by atoms with Gasteiger partial charge in [-0.05, 0) is 55.9 Å². The van der Waals surface area contributed by atoms with Crippen molar-refractivity contribution in [3.05, 3.63) is 42.0 Å². The summed E-state index contributed by atoms with van der Waals surface area (Å²) in [4.78, 5) is 15.7. The highest BCUT2D eigenvalue weighted by Crippen LogP contribution is 2.34. The van der Waals surface area contributed by atoms with E-state index in [1.165, 1.54) is 23.9 Å². The molecule has 0 atom stereocenters. The van der Waals surface area contributed by atoms with Crippen molar-refractivity contribution < 1.29 is 22.7 Å². The van der Waals surface area contributed by atoms with Crippen molar-refractivity contribution in [2.45, 2.75) is 29.1 Å². The van der Waals surface area contributed by atoms with Crippen molar-refractivity contribution in [2.75, 3.05) is 37.3 Å². The van der Waals surface area contributed by atoms with E-state index in [-0.39, 0.29) is 10.8 Å². The largest absolute Gasteiger partial charge is 0.486 e. The second-order valence-electron chi connectivity index (χ2n) is 7.18. The molecule has 2 aliphatic heterocycles. The maximum atomic E-state index is 13.0. The number of hydrogen-bond acceptors (Lipinski definition) is 6. The molecule has 0 saturated carbocycles. The molecule has 30 heavy (non-hydrogen) atoms. The third-order valence-electron chi connectivity index (χ3n) is 5.15. The molecular formula is C21H24N2O5S2. The second-order valence-corrected chi connectivity index (χ2v) is 9.71. The van der Waals surface area contributed by atoms with Crippen LogP contribution >= 0.6 is 11.8 Å². The van der Waals surface area contributed by atoms with Crippen LogP contribution in [0.25, 0.3) is 0 Å². The predicted octanol–water partition coefficient (Wildman–Crippen LogP) is 3.61. The maximum Gasteiger partial charge on any atom is 0.261 e. The van der Waals surface area contributed by atoms with Crippen molar-refractivity contribution in [1.82, 2.24) is 4.90 Å². The number of carbonyl (C=O) groups excluding carboxylic acids is 1. The molecule has 2 aromatic carbocycles. The van der Waals surface area contributed by atoms with Crippen LogP contribution in [0.4, 0.5) is 5.69 Å². The molecule has 0 bridgehead atoms. The van der Waals surface area contributed by atoms with E-state index in [0.29, 0.717) is 49.1 Å². The molecule has 160 valence electrons. The molecule has 2 heterocycles. The normalized spacial score (nSPS) is 16.2. The molecule has 1 saturated heterocycles. The first-order valence-corrected chi connectivity index (χ1v) is 12.6. The molecule has 7 nitrogen and oxygen atoms in total. The number of rotatable bonds is 5. The number of anilines is 1. The summed E-state index contributed by atoms with van der Waals surface area (Å²) in [5.74, 6) is 0.971. The molecule has 0 aliphatic carbocycles. The van der Waals surface area contributed by atoms with E-state index in [2.05, 4.69) is 4.72 Å². The Morgan fingerprint density at radius 2 is 1.73 bits per heavy atom. The summed E-state index contributed by atoms with van der Waals surface area (Å²) >= 11 is 1.43. The number of piperidine rings is 1. The first-order valence-electron chi connectivity index (χ1n) is 9.88. The van der Waals surface area contributed by atoms with Gasteiger partial charge in [-0.25, -0.2) is 8.42 Å². The molecule has 1 amide bonds. The molecule has 0 aromatic heterocycles. The lowest BCUT2D eigenvalue weighted by molar-refractivity contribution is 0.0720. The topological polar surface area (TPSA) is 84.9 Å². The van der Waals surface area contributed by atoms with Gasteiger partial charge < -0.3 is 14.4 Å². The number of fused-ring (bicyclic) bond motifs is 1. The van der Waals surface area contributed by atoms with Crippen LogP contribution in [0.3, 0.4) is 0 Å². The molecular weight excluding hydrogens is 424 g/mol. The molecule has 2 aromatic rings. The van der Waals surface area contributed by atoms with Gasteiger partial charge in [-0.1, -0.05) is 0 Å². The zero-order chi connectivity index (χ0) is 21.1. The van der Waals surface area contributed by atoms with Gasteiger partial charge in [0.1, 0.15) is 13.2 Å². The average molecular weight is 449 g/mol. The lowest BCUT2D eigenvalue weighted by Crippen LogP contribution is -2.36. The number of thioether (sulfide) groups is 1. The van der Waals surface area contributed by atoms with Crippen LogP contribution in [0.5, 0.6) is 11.5 Å². The lowest BCUT2D eigenvalue weighted by atomic mass is 10.1. The van der Waals surface area contributed by atoms with Crippen molar-refractivity contribution >= 4 is 33.4 Å². The van der Waals surface area contributed by atoms with Gasteiger partial charge in [0.25, 0.3) is 15.9 Å². The highest BCUT2D eigenvalue weighted by molar-refractivity contribution is 7.98. The monoisotopic (exact) mass is 448 g/mol. The maximum absolute atomic E-state index is 13.0. The Balaban J connectivity index is 1.61. The number of carbonyl (C=O) groups is 1. The van der Waals surface area contributed by atoms with E-state index < -0.39 is 10.0 Å². The molecule has 0 spiro atoms. The molecule has 0 unspecified atom stereocenters. The summed E-state index contributed by atoms with van der Waals surface area (Å²) in [5.41, 5.74) is 0.798. The number of benzene rings is 2. The highest BCUT2D eigenvalue weighted by Gasteiger charge is 2.24. The Morgan fingerprint density at radius 1 is 1.00 bits per heavy atom. The van der Waals surface area contributed by atoms with Crippen LogP contribution in [0.1, 0.15) is 29.6 Å². The summed E-state index contributed by atoms with van der Waals surface area (Å²) < 4.78 is 39.6. The fourth-order valence-corrected chi connectivity index (χ4v) is 5.26. The highest BCUT2D eigenvalue weighted by atomic mass is 32.2. The SMILES string of the molecule is CSc1ccc(S(=O)(=O)Nc2ccc3c(c2)OCCO3)cc1C(=O)N1CCCCC1. The van der Waals surface area contributed by atoms with E-state index in [1.54, 1.807) is 24.3 Å². The zero-order valence-electron chi connectivity index (χ0n) is 16.7. The fraction of sp³-hybridized carbons (Fsp3) is 0.381. The number of hydrogen-bond donors (Lipinski definition) is 1. The summed E-state index contributed by atoms with van der Waals surface area (Å²) in [6.07, 6.45) is 4.95. The first kappa shape index (κ1) is 20.9. The van der Waals surface area contributed by atoms with E-state index in [0.717, 1.165) is 24.2 Å². The van der Waals surface area contributed by atoms with Gasteiger partial charge in [0, 0.05) is 24.1 Å². The van der Waals surface area contributed by atoms with Crippen molar-refractivity contribution in [3.8, 4) is 11.5 Å². The molecule has 1 N–H and O–H groups in total. The van der Waals surface area contributed by atoms with Gasteiger partial charge in [0.05, 0.1) is 16.1 Å². The number of ether oxygens (including phenoxy) is 2. The summed E-state index contributed by atoms with van der Waals surface area (Å²) in [5, 5.41) is 0. The minimum absolute atomic E-state index is 0.0514. The molecule has 1 fully saturated rings. The zero-order valence-corrected chi connectivity index (χ0v) is 18.4. The molecule has 9 heteroatoms. The summed E-state index contributed by atoms with van der Waals surface area (Å²) in [6.45, 7) is 2.30. The van der Waals surface area contributed by atoms with Crippen LogP contribution in [0.15, 0.2) is 46.2 Å². The first-order chi connectivity index (χ1) is 14.5. The van der Waals surface area contributed by atoms with Crippen molar-refractivity contribution in [1.29, 1.82) is 0 Å². The van der Waals surface area contributed by atoms with Gasteiger partial charge in [0.2, 0.25) is 0 Å². The predicted molar refractivity (Wildman–Crippen MR) is 116 cm³/mol. The standard InChI is InChI=1S/C21H24N2O5S2/c1-29-20-8-6-16(14-17(20)21(24)23-9-3-2-4-10-23)30(25,26)22-15-5-7-18-19(13-15)28-12-11-27-18/h5-8,13-14,22H,2-4,9-12H2,1H3. The van der Waals surface area contributed by atoms with E-state index in [9.17, 15) is 13.2 Å². The lowest BCUT2D eigenvalue weighted by Gasteiger charge is -2.27. The molecule has 2 aliphatic rings. The summed E-state index contributed by atoms with van der Waals surface area (Å²) in [7, 11) is -3.88. The Bertz CT molecular complexity index is 1050. The van der Waals surface area contributed by atoms with Gasteiger partial charge >= 0.3 is 0 Å². The van der Waals surface area contributed by atoms with Crippen LogP contribution in [0.2, 0.25) is 0 Å². The van der Waals surface area contributed by atoms with Gasteiger partial charge in [-0.3, -0.25) is 9.52 Å². The third-order valence-corrected chi connectivity index (χ3v) is 7.32. The Labute approximate surface area is 180 Å². The van der Waals surface area contributed by atoms with Gasteiger partial charge in [-0.15, -0.1) is 11.8 Å². The van der Waals surface area contributed by atoms with E-state index in [1.807, 2.05) is 11.2 Å². The average Bonchev–Trinajstić information content (AvgIpc) is 2.78. The van der Waals surface area contributed by atoms with Crippen LogP contribution in [-0.2, 0) is 10.0 Å². The quantitative estimate of drug-likeness (QED) is 0.704. The Kier molecular flexibility index (Phi) is 6.10. The Morgan fingerprint density at radius 3 is 2.47 bits per heavy atom. The van der Waals surface area contributed by atoms with Crippen LogP contribution in [-0.4, -0.2) is 51.8 Å². The minimum Gasteiger partial charge on any atom is -0.486 e. The van der Waals surface area contributed by atoms with Gasteiger partial charge in [-0.2, -0.15) is 0 Å². The third kappa shape index (κ3) is 4.37. The number of likely N-dealkylation sites (tertiary alicyclic amines) is 1. The molecule has 0 radical (unpaired) electrons. The van der Waals surface area contributed by atoms with Crippen molar-refractivity contribution in [3.63, 3.8) is 0 Å². The molecule has 4 rings (SSSR count). The number of amides is 1. The Hall–Kier alpha value is -2.39. The number of nitrogens with zero attached hydrogens (tertiary/aromatic N) is 1. The minimum atomic E-state index is -3.88. The second kappa shape index (κ2) is 8.77. The van der Waals surface area contributed by atoms with Crippen molar-refractivity contribution in [2.24, 2.45) is 0 Å². The summed E-state index contributed by atoms with van der Waals surface area (Å²) in [6, 6.07) is 9.60. The van der Waals surface area contributed by atoms with E-state index >= 15 is 0 Å². The smallest absolute Gasteiger partial charge is 0.261 e. The van der Waals surface area contributed by atoms with Crippen LogP contribution in [0, 0.1) is 0 Å². The van der Waals surface area contributed by atoms with Gasteiger partial charge in [0.15, 0.2) is 11.5 Å². The number of sulfonamides is 1. The fourth-order valence-electron chi connectivity index (χ4n) is 3.61. The number of nitrogens with one attached hydrogen (secondary N) is 1. The van der Waals surface area contributed by atoms with Crippen LogP contribution < -0.4 is 14.2 Å². The van der Waals surface area contributed by atoms with E-state index in [4.69, 9.17) is 9.47 Å².